The third-order valence-electron chi connectivity index (χ3n) is 23.7. The molecular weight excluding hydrogens is 2070 g/mol. The van der Waals surface area contributed by atoms with E-state index in [2.05, 4.69) is 70.7 Å². The second-order valence-corrected chi connectivity index (χ2v) is 46.3. The average Bonchev–Trinajstić information content (AvgIpc) is 1.61. The van der Waals surface area contributed by atoms with Gasteiger partial charge in [0.25, 0.3) is 38.1 Å². The van der Waals surface area contributed by atoms with E-state index in [1.54, 1.807) is 105 Å². The van der Waals surface area contributed by atoms with Crippen LogP contribution in [-0.2, 0) is 50.1 Å². The number of nitrogens with zero attached hydrogens (tertiary/aromatic N) is 10. The number of carbonyl (C=O) groups is 3. The predicted molar refractivity (Wildman–Crippen MR) is 557 cm³/mol. The van der Waals surface area contributed by atoms with Gasteiger partial charge in [-0.2, -0.15) is 50.6 Å². The number of amides is 3. The van der Waals surface area contributed by atoms with Crippen molar-refractivity contribution in [1.29, 1.82) is 0 Å². The van der Waals surface area contributed by atoms with Crippen LogP contribution in [0.5, 0.6) is 0 Å². The van der Waals surface area contributed by atoms with Gasteiger partial charge in [-0.1, -0.05) is 178 Å². The lowest BCUT2D eigenvalue weighted by atomic mass is 10.1. The molecule has 10 heterocycles. The Balaban J connectivity index is 0.000000151. The van der Waals surface area contributed by atoms with Crippen LogP contribution in [0.3, 0.4) is 0 Å². The lowest BCUT2D eigenvalue weighted by molar-refractivity contribution is 0.0736. The number of benzene rings is 6. The van der Waals surface area contributed by atoms with Crippen LogP contribution in [0.2, 0.25) is 45.2 Å². The number of rotatable bonds is 26. The normalized spacial score (nSPS) is 15.8. The first-order valence-corrected chi connectivity index (χ1v) is 55.9. The van der Waals surface area contributed by atoms with E-state index in [1.165, 1.54) is 38.3 Å². The second-order valence-electron chi connectivity index (χ2n) is 34.0. The van der Waals surface area contributed by atoms with Crippen LogP contribution in [0, 0.1) is 41.4 Å². The standard InChI is InChI=1S/C34H34Cl3N5O3S2.C33H33Cl3N6O3S2.C31H29Cl3N6O3S2/c35-25-11-8-23(9-12-25)10-14-27-15-17-31(46-27)33-28(21-38-47(44,45)22-24-6-2-3-7-24)32(34(43)40-41-18-4-1-5-19-41)39-42(33)30-16-13-26(36)20-29(30)37;34-24-10-7-23(8-11-24)9-13-26-14-16-30(46-26)32-27(22-37-47(44,45)41-19-5-2-6-20-41)31(33(43)39-40-17-3-1-4-18-40)38-42(32)29-15-12-25(35)21-28(29)36;32-21-7-4-20(5-8-21)6-12-24-13-15-28(44-24)30-25(19-35-45(42,43)38-23-10-11-23)29(31(41)37-39-16-2-1-3-17-39)36-40(30)27-14-9-22(33)18-26(27)34/h8-9,11-13,15-17,20,24,38H,1-7,18-19,21-22H2,(H,40,43);7-8,10-12,14-16,21,37H,1-6,17-20,22H2,(H,39,43);4-5,7-9,13-15,18,23,35,38H,1-3,10-11,16-17,19H2,(H,37,41). The Kier molecular flexibility index (Phi) is 35.4. The van der Waals surface area contributed by atoms with E-state index in [4.69, 9.17) is 120 Å². The summed E-state index contributed by atoms with van der Waals surface area (Å²) in [6.45, 7) is 4.77. The summed E-state index contributed by atoms with van der Waals surface area (Å²) in [5, 5.41) is 24.2. The first kappa shape index (κ1) is 103. The number of carbonyl (C=O) groups excluding carboxylic acids is 3. The molecule has 12 aromatic rings. The summed E-state index contributed by atoms with van der Waals surface area (Å²) in [6.07, 6.45) is 17.2. The van der Waals surface area contributed by atoms with Gasteiger partial charge in [-0.05, 0) is 247 Å². The van der Waals surface area contributed by atoms with E-state index in [9.17, 15) is 39.6 Å². The fraction of sp³-hybridized carbons (Fsp3) is 0.327. The van der Waals surface area contributed by atoms with Gasteiger partial charge >= 0.3 is 0 Å². The molecule has 0 unspecified atom stereocenters. The molecule has 6 fully saturated rings. The molecular formula is C98H96Cl9N17O9S6. The molecule has 41 heteroatoms. The number of piperidine rings is 4. The van der Waals surface area contributed by atoms with Crippen molar-refractivity contribution in [3.63, 3.8) is 0 Å². The van der Waals surface area contributed by atoms with Gasteiger partial charge in [0.15, 0.2) is 17.1 Å². The minimum absolute atomic E-state index is 0.0538. The molecule has 6 aromatic heterocycles. The van der Waals surface area contributed by atoms with E-state index in [0.717, 1.165) is 201 Å². The molecule has 6 aromatic carbocycles. The monoisotopic (exact) mass is 2160 g/mol. The molecule has 139 heavy (non-hydrogen) atoms. The predicted octanol–water partition coefficient (Wildman–Crippen LogP) is 20.8. The molecule has 4 aliphatic heterocycles. The molecule has 726 valence electrons. The van der Waals surface area contributed by atoms with E-state index in [0.29, 0.717) is 109 Å². The zero-order valence-corrected chi connectivity index (χ0v) is 86.7. The van der Waals surface area contributed by atoms with Crippen LogP contribution in [0.25, 0.3) is 48.8 Å². The summed E-state index contributed by atoms with van der Waals surface area (Å²) < 4.78 is 96.3. The molecule has 0 atom stereocenters. The molecule has 26 nitrogen and oxygen atoms in total. The van der Waals surface area contributed by atoms with E-state index in [1.807, 2.05) is 87.8 Å². The van der Waals surface area contributed by atoms with Crippen molar-refractivity contribution in [2.45, 2.75) is 141 Å². The number of thiophene rings is 3. The number of hydrogen-bond donors (Lipinski definition) is 7. The molecule has 0 spiro atoms. The van der Waals surface area contributed by atoms with Gasteiger partial charge in [-0.3, -0.25) is 30.7 Å². The first-order valence-electron chi connectivity index (χ1n) is 45.5. The molecule has 0 radical (unpaired) electrons. The Morgan fingerprint density at radius 2 is 0.655 bits per heavy atom. The zero-order chi connectivity index (χ0) is 97.5. The Morgan fingerprint density at radius 3 is 0.978 bits per heavy atom. The Labute approximate surface area is 865 Å². The quantitative estimate of drug-likeness (QED) is 0.0248. The largest absolute Gasteiger partial charge is 0.286 e. The SMILES string of the molecule is O=C(NN1CCCCC1)c1nn(-c2ccc(Cl)cc2Cl)c(-c2ccc(C#Cc3ccc(Cl)cc3)s2)c1CNS(=O)(=O)CC1CCCC1.O=C(NN1CCCCC1)c1nn(-c2ccc(Cl)cc2Cl)c(-c2ccc(C#Cc3ccc(Cl)cc3)s2)c1CNS(=O)(=O)N1CCCCC1.O=C(NN1CCCCC1)c1nn(-c2ccc(Cl)cc2Cl)c(-c2ccc(C#Cc3ccc(Cl)cc3)s2)c1CNS(=O)(=O)NC1CC1. The highest BCUT2D eigenvalue weighted by molar-refractivity contribution is 7.89. The Bertz CT molecular complexity index is 7050. The van der Waals surface area contributed by atoms with Crippen molar-refractivity contribution in [3.8, 4) is 84.3 Å². The molecule has 0 bridgehead atoms. The van der Waals surface area contributed by atoms with Crippen LogP contribution < -0.4 is 35.2 Å². The van der Waals surface area contributed by atoms with E-state index >= 15 is 0 Å². The minimum atomic E-state index is -3.84. The molecule has 18 rings (SSSR count). The van der Waals surface area contributed by atoms with Gasteiger partial charge in [0.2, 0.25) is 10.0 Å². The fourth-order valence-corrected chi connectivity index (χ4v) is 24.9. The highest BCUT2D eigenvalue weighted by Gasteiger charge is 2.36. The van der Waals surface area contributed by atoms with E-state index in [-0.39, 0.29) is 54.4 Å². The lowest BCUT2D eigenvalue weighted by Gasteiger charge is -2.27. The maximum atomic E-state index is 13.9. The third-order valence-corrected chi connectivity index (χ3v) is 33.3. The lowest BCUT2D eigenvalue weighted by Crippen LogP contribution is -2.46. The number of hydrazine groups is 3. The molecule has 6 aliphatic rings. The van der Waals surface area contributed by atoms with Crippen molar-refractivity contribution in [3.05, 3.63) is 274 Å². The highest BCUT2D eigenvalue weighted by atomic mass is 35.5. The number of hydrogen-bond acceptors (Lipinski definition) is 18. The Morgan fingerprint density at radius 1 is 0.345 bits per heavy atom. The fourth-order valence-electron chi connectivity index (χ4n) is 16.6. The maximum Gasteiger partial charge on any atom is 0.286 e. The van der Waals surface area contributed by atoms with Crippen molar-refractivity contribution in [2.75, 3.05) is 58.1 Å². The molecule has 3 amide bonds. The van der Waals surface area contributed by atoms with Crippen LogP contribution in [0.1, 0.15) is 195 Å². The van der Waals surface area contributed by atoms with Crippen LogP contribution >= 0.6 is 138 Å². The number of nitrogens with one attached hydrogen (secondary N) is 7. The van der Waals surface area contributed by atoms with Crippen molar-refractivity contribution < 1.29 is 39.6 Å². The molecule has 2 aliphatic carbocycles. The first-order chi connectivity index (χ1) is 67.0. The van der Waals surface area contributed by atoms with E-state index < -0.39 is 48.2 Å². The minimum Gasteiger partial charge on any atom is -0.283 e. The average molecular weight is 2170 g/mol. The summed E-state index contributed by atoms with van der Waals surface area (Å²) in [4.78, 5) is 46.1. The van der Waals surface area contributed by atoms with Crippen LogP contribution in [0.15, 0.2) is 164 Å². The van der Waals surface area contributed by atoms with Crippen molar-refractivity contribution in [1.82, 2.24) is 83.8 Å². The molecule has 4 saturated heterocycles. The summed E-state index contributed by atoms with van der Waals surface area (Å²) in [5.74, 6) is 17.9. The van der Waals surface area contributed by atoms with Crippen LogP contribution in [0.4, 0.5) is 0 Å². The topological polar surface area (TPSA) is 304 Å². The second kappa shape index (κ2) is 47.7. The zero-order valence-electron chi connectivity index (χ0n) is 75.0. The Hall–Kier alpha value is -8.72. The summed E-state index contributed by atoms with van der Waals surface area (Å²) >= 11 is 61.0. The molecule has 7 N–H and O–H groups in total. The van der Waals surface area contributed by atoms with Crippen molar-refractivity contribution >= 4 is 187 Å². The van der Waals surface area contributed by atoms with Crippen LogP contribution in [-0.4, -0.2) is 156 Å². The number of aromatic nitrogens is 6. The van der Waals surface area contributed by atoms with Gasteiger partial charge in [-0.25, -0.2) is 42.2 Å². The third kappa shape index (κ3) is 27.8. The molecule has 2 saturated carbocycles. The smallest absolute Gasteiger partial charge is 0.283 e. The summed E-state index contributed by atoms with van der Waals surface area (Å²) in [5.41, 5.74) is 16.0. The summed E-state index contributed by atoms with van der Waals surface area (Å²) in [6, 6.07) is 48.1. The maximum absolute atomic E-state index is 13.9. The number of halogens is 9. The highest BCUT2D eigenvalue weighted by Crippen LogP contribution is 2.42. The van der Waals surface area contributed by atoms with Gasteiger partial charge in [0.1, 0.15) is 0 Å². The van der Waals surface area contributed by atoms with Gasteiger partial charge < -0.3 is 0 Å². The van der Waals surface area contributed by atoms with Gasteiger partial charge in [0, 0.05) is 142 Å². The summed E-state index contributed by atoms with van der Waals surface area (Å²) in [7, 11) is -11.3. The van der Waals surface area contributed by atoms with Crippen molar-refractivity contribution in [2.24, 2.45) is 5.92 Å². The van der Waals surface area contributed by atoms with Gasteiger partial charge in [0.05, 0.1) is 84.2 Å². The number of sulfonamides is 1. The van der Waals surface area contributed by atoms with Gasteiger partial charge in [-0.15, -0.1) is 34.0 Å².